The molecule has 0 aliphatic carbocycles. The highest BCUT2D eigenvalue weighted by atomic mass is 32.2. The highest BCUT2D eigenvalue weighted by Crippen LogP contribution is 2.29. The van der Waals surface area contributed by atoms with E-state index in [1.54, 1.807) is 0 Å². The molecular weight excluding hydrogens is 374 g/mol. The molecule has 28 heavy (non-hydrogen) atoms. The molecule has 2 fully saturated rings. The largest absolute Gasteiger partial charge is 0.353 e. The Morgan fingerprint density at radius 1 is 1.04 bits per heavy atom. The number of nitrogens with zero attached hydrogens (tertiary/aromatic N) is 2. The number of rotatable bonds is 4. The Kier molecular flexibility index (Phi) is 6.47. The van der Waals surface area contributed by atoms with Gasteiger partial charge in [0, 0.05) is 19.1 Å². The average molecular weight is 408 g/mol. The van der Waals surface area contributed by atoms with Crippen LogP contribution in [0, 0.1) is 26.7 Å². The summed E-state index contributed by atoms with van der Waals surface area (Å²) in [5.74, 6) is -0.263. The van der Waals surface area contributed by atoms with Gasteiger partial charge in [-0.2, -0.15) is 4.31 Å². The highest BCUT2D eigenvalue weighted by molar-refractivity contribution is 7.89. The third-order valence-electron chi connectivity index (χ3n) is 6.02. The zero-order valence-corrected chi connectivity index (χ0v) is 18.3. The van der Waals surface area contributed by atoms with Crippen molar-refractivity contribution in [3.05, 3.63) is 28.8 Å². The highest BCUT2D eigenvalue weighted by Gasteiger charge is 2.35. The topological polar surface area (TPSA) is 69.7 Å². The van der Waals surface area contributed by atoms with Crippen LogP contribution in [0.3, 0.4) is 0 Å². The van der Waals surface area contributed by atoms with Gasteiger partial charge >= 0.3 is 0 Å². The molecule has 1 aromatic rings. The van der Waals surface area contributed by atoms with Crippen LogP contribution in [-0.2, 0) is 14.8 Å². The second kappa shape index (κ2) is 8.51. The Morgan fingerprint density at radius 2 is 1.64 bits per heavy atom. The Hall–Kier alpha value is -1.44. The van der Waals surface area contributed by atoms with E-state index in [1.165, 1.54) is 4.31 Å². The molecule has 2 aliphatic rings. The van der Waals surface area contributed by atoms with Gasteiger partial charge in [-0.3, -0.25) is 4.79 Å². The Bertz CT molecular complexity index is 806. The first-order valence-corrected chi connectivity index (χ1v) is 11.7. The fourth-order valence-corrected chi connectivity index (χ4v) is 6.48. The van der Waals surface area contributed by atoms with Crippen LogP contribution in [-0.4, -0.2) is 62.8 Å². The summed E-state index contributed by atoms with van der Waals surface area (Å²) in [7, 11) is -1.51. The van der Waals surface area contributed by atoms with E-state index in [0.29, 0.717) is 17.9 Å². The maximum Gasteiger partial charge on any atom is 0.243 e. The lowest BCUT2D eigenvalue weighted by Gasteiger charge is -2.34. The van der Waals surface area contributed by atoms with Gasteiger partial charge in [-0.1, -0.05) is 17.7 Å². The number of piperidine rings is 2. The van der Waals surface area contributed by atoms with Crippen LogP contribution in [0.2, 0.25) is 0 Å². The van der Waals surface area contributed by atoms with E-state index in [9.17, 15) is 13.2 Å². The first-order valence-electron chi connectivity index (χ1n) is 10.3. The van der Waals surface area contributed by atoms with Crippen molar-refractivity contribution in [1.29, 1.82) is 0 Å². The lowest BCUT2D eigenvalue weighted by molar-refractivity contribution is -0.127. The van der Waals surface area contributed by atoms with Gasteiger partial charge in [0.1, 0.15) is 0 Å². The Morgan fingerprint density at radius 3 is 2.25 bits per heavy atom. The predicted molar refractivity (Wildman–Crippen MR) is 111 cm³/mol. The number of likely N-dealkylation sites (tertiary alicyclic amines) is 1. The molecule has 2 heterocycles. The Balaban J connectivity index is 1.71. The number of sulfonamides is 1. The first-order chi connectivity index (χ1) is 13.2. The summed E-state index contributed by atoms with van der Waals surface area (Å²) in [6.07, 6.45) is 3.38. The molecule has 1 atom stereocenters. The number of benzene rings is 1. The van der Waals surface area contributed by atoms with Crippen molar-refractivity contribution >= 4 is 15.9 Å². The van der Waals surface area contributed by atoms with Crippen LogP contribution in [0.15, 0.2) is 17.0 Å². The van der Waals surface area contributed by atoms with E-state index < -0.39 is 10.0 Å². The second-order valence-corrected chi connectivity index (χ2v) is 10.4. The summed E-state index contributed by atoms with van der Waals surface area (Å²) in [6, 6.07) is 4.03. The smallest absolute Gasteiger partial charge is 0.243 e. The lowest BCUT2D eigenvalue weighted by Crippen LogP contribution is -2.49. The van der Waals surface area contributed by atoms with Gasteiger partial charge in [0.25, 0.3) is 0 Å². The normalized spacial score (nSPS) is 22.9. The molecule has 3 rings (SSSR count). The summed E-state index contributed by atoms with van der Waals surface area (Å²) in [6.45, 7) is 8.40. The second-order valence-electron chi connectivity index (χ2n) is 8.52. The number of hydrogen-bond donors (Lipinski definition) is 1. The molecule has 2 aliphatic heterocycles. The average Bonchev–Trinajstić information content (AvgIpc) is 2.62. The van der Waals surface area contributed by atoms with Crippen LogP contribution in [0.4, 0.5) is 0 Å². The standard InChI is InChI=1S/C21H33N3O3S/c1-15-12-16(2)20(17(3)13-15)28(26,27)24-9-5-6-18(14-24)21(25)22-19-7-10-23(4)11-8-19/h12-13,18-19H,5-11,14H2,1-4H3,(H,22,25)/t18-/m1/s1. The van der Waals surface area contributed by atoms with Gasteiger partial charge in [0.05, 0.1) is 10.8 Å². The summed E-state index contributed by atoms with van der Waals surface area (Å²) in [5, 5.41) is 3.16. The fraction of sp³-hybridized carbons (Fsp3) is 0.667. The molecule has 0 spiro atoms. The molecule has 6 nitrogen and oxygen atoms in total. The van der Waals surface area contributed by atoms with Gasteiger partial charge < -0.3 is 10.2 Å². The molecule has 0 aromatic heterocycles. The maximum absolute atomic E-state index is 13.3. The minimum absolute atomic E-state index is 0.00630. The molecule has 1 N–H and O–H groups in total. The molecule has 0 saturated carbocycles. The summed E-state index contributed by atoms with van der Waals surface area (Å²) in [5.41, 5.74) is 2.61. The van der Waals surface area contributed by atoms with E-state index in [-0.39, 0.29) is 24.4 Å². The van der Waals surface area contributed by atoms with Crippen molar-refractivity contribution < 1.29 is 13.2 Å². The van der Waals surface area contributed by atoms with Gasteiger partial charge in [0.2, 0.25) is 15.9 Å². The number of carbonyl (C=O) groups excluding carboxylic acids is 1. The van der Waals surface area contributed by atoms with Crippen molar-refractivity contribution in [2.24, 2.45) is 5.92 Å². The van der Waals surface area contributed by atoms with Gasteiger partial charge in [-0.25, -0.2) is 8.42 Å². The molecule has 0 radical (unpaired) electrons. The fourth-order valence-electron chi connectivity index (χ4n) is 4.55. The third kappa shape index (κ3) is 4.58. The molecule has 0 unspecified atom stereocenters. The van der Waals surface area contributed by atoms with Crippen molar-refractivity contribution in [3.8, 4) is 0 Å². The number of carbonyl (C=O) groups is 1. The summed E-state index contributed by atoms with van der Waals surface area (Å²) < 4.78 is 28.2. The van der Waals surface area contributed by atoms with Gasteiger partial charge in [-0.15, -0.1) is 0 Å². The third-order valence-corrected chi connectivity index (χ3v) is 8.19. The number of aryl methyl sites for hydroxylation is 3. The SMILES string of the molecule is Cc1cc(C)c(S(=O)(=O)N2CCC[C@@H](C(=O)NC3CCN(C)CC3)C2)c(C)c1. The predicted octanol–water partition coefficient (Wildman–Crippen LogP) is 2.22. The molecule has 156 valence electrons. The zero-order valence-electron chi connectivity index (χ0n) is 17.5. The quantitative estimate of drug-likeness (QED) is 0.831. The monoisotopic (exact) mass is 407 g/mol. The van der Waals surface area contributed by atoms with Crippen molar-refractivity contribution in [2.45, 2.75) is 57.4 Å². The summed E-state index contributed by atoms with van der Waals surface area (Å²) >= 11 is 0. The lowest BCUT2D eigenvalue weighted by atomic mass is 9.97. The van der Waals surface area contributed by atoms with Crippen LogP contribution in [0.25, 0.3) is 0 Å². The van der Waals surface area contributed by atoms with Crippen molar-refractivity contribution in [3.63, 3.8) is 0 Å². The maximum atomic E-state index is 13.3. The van der Waals surface area contributed by atoms with Crippen molar-refractivity contribution in [1.82, 2.24) is 14.5 Å². The molecule has 0 bridgehead atoms. The Labute approximate surface area is 169 Å². The van der Waals surface area contributed by atoms with E-state index in [2.05, 4.69) is 17.3 Å². The first kappa shape index (κ1) is 21.3. The van der Waals surface area contributed by atoms with E-state index in [0.717, 1.165) is 49.0 Å². The van der Waals surface area contributed by atoms with Gasteiger partial charge in [0.15, 0.2) is 0 Å². The van der Waals surface area contributed by atoms with Crippen LogP contribution in [0.5, 0.6) is 0 Å². The van der Waals surface area contributed by atoms with E-state index in [4.69, 9.17) is 0 Å². The number of hydrogen-bond acceptors (Lipinski definition) is 4. The van der Waals surface area contributed by atoms with Crippen molar-refractivity contribution in [2.75, 3.05) is 33.2 Å². The molecule has 7 heteroatoms. The van der Waals surface area contributed by atoms with E-state index in [1.807, 2.05) is 32.9 Å². The van der Waals surface area contributed by atoms with Crippen LogP contribution in [0.1, 0.15) is 42.4 Å². The van der Waals surface area contributed by atoms with Crippen LogP contribution < -0.4 is 5.32 Å². The van der Waals surface area contributed by atoms with Gasteiger partial charge in [-0.05, 0) is 77.7 Å². The minimum Gasteiger partial charge on any atom is -0.353 e. The number of nitrogens with one attached hydrogen (secondary N) is 1. The van der Waals surface area contributed by atoms with E-state index >= 15 is 0 Å². The molecule has 1 aromatic carbocycles. The minimum atomic E-state index is -3.60. The summed E-state index contributed by atoms with van der Waals surface area (Å²) in [4.78, 5) is 15.5. The zero-order chi connectivity index (χ0) is 20.5. The molecule has 2 saturated heterocycles. The molecule has 1 amide bonds. The van der Waals surface area contributed by atoms with Crippen LogP contribution >= 0.6 is 0 Å². The number of amides is 1. The molecular formula is C21H33N3O3S.